The van der Waals surface area contributed by atoms with Crippen LogP contribution in [-0.2, 0) is 0 Å². The third-order valence-electron chi connectivity index (χ3n) is 2.72. The van der Waals surface area contributed by atoms with Crippen molar-refractivity contribution in [3.05, 3.63) is 30.3 Å². The lowest BCUT2D eigenvalue weighted by molar-refractivity contribution is 0.280. The highest BCUT2D eigenvalue weighted by molar-refractivity contribution is 7.99. The van der Waals surface area contributed by atoms with Gasteiger partial charge in [-0.25, -0.2) is 0 Å². The van der Waals surface area contributed by atoms with E-state index in [2.05, 4.69) is 43.4 Å². The number of aliphatic hydroxyl groups is 1. The molecule has 3 heteroatoms. The Morgan fingerprint density at radius 1 is 1.24 bits per heavy atom. The summed E-state index contributed by atoms with van der Waals surface area (Å²) in [5, 5.41) is 12.3. The molecule has 0 aliphatic heterocycles. The molecule has 0 aromatic heterocycles. The summed E-state index contributed by atoms with van der Waals surface area (Å²) < 4.78 is 0. The van der Waals surface area contributed by atoms with Crippen molar-refractivity contribution in [2.45, 2.75) is 31.2 Å². The molecule has 0 radical (unpaired) electrons. The maximum absolute atomic E-state index is 8.78. The van der Waals surface area contributed by atoms with E-state index in [0.717, 1.165) is 18.7 Å². The van der Waals surface area contributed by atoms with Crippen LogP contribution in [0.15, 0.2) is 35.2 Å². The maximum Gasteiger partial charge on any atom is 0.0443 e. The Morgan fingerprint density at radius 2 is 1.94 bits per heavy atom. The molecule has 0 heterocycles. The molecule has 1 atom stereocenters. The first-order chi connectivity index (χ1) is 8.24. The number of thioether (sulfide) groups is 1. The number of nitrogens with one attached hydrogen (secondary N) is 1. The van der Waals surface area contributed by atoms with Crippen molar-refractivity contribution in [2.75, 3.05) is 18.9 Å². The van der Waals surface area contributed by atoms with Gasteiger partial charge in [0.15, 0.2) is 0 Å². The zero-order chi connectivity index (χ0) is 12.5. The van der Waals surface area contributed by atoms with Crippen LogP contribution in [0.25, 0.3) is 0 Å². The summed E-state index contributed by atoms with van der Waals surface area (Å²) in [4.78, 5) is 1.32. The second kappa shape index (κ2) is 8.56. The normalized spacial score (nSPS) is 12.9. The largest absolute Gasteiger partial charge is 0.396 e. The lowest BCUT2D eigenvalue weighted by atomic mass is 10.1. The number of rotatable bonds is 8. The van der Waals surface area contributed by atoms with Crippen LogP contribution >= 0.6 is 11.8 Å². The summed E-state index contributed by atoms with van der Waals surface area (Å²) in [5.41, 5.74) is 0. The van der Waals surface area contributed by atoms with Crippen molar-refractivity contribution in [3.8, 4) is 0 Å². The Bertz CT molecular complexity index is 290. The van der Waals surface area contributed by atoms with Gasteiger partial charge in [0.2, 0.25) is 0 Å². The molecule has 1 aromatic rings. The predicted octanol–water partition coefficient (Wildman–Crippen LogP) is 2.78. The van der Waals surface area contributed by atoms with Crippen molar-refractivity contribution in [1.29, 1.82) is 0 Å². The number of benzene rings is 1. The van der Waals surface area contributed by atoms with Crippen molar-refractivity contribution < 1.29 is 5.11 Å². The number of hydrogen-bond acceptors (Lipinski definition) is 3. The van der Waals surface area contributed by atoms with Crippen LogP contribution < -0.4 is 5.32 Å². The van der Waals surface area contributed by atoms with E-state index in [1.54, 1.807) is 0 Å². The molecule has 1 aromatic carbocycles. The van der Waals surface area contributed by atoms with Gasteiger partial charge in [-0.2, -0.15) is 0 Å². The zero-order valence-electron chi connectivity index (χ0n) is 10.7. The van der Waals surface area contributed by atoms with Crippen LogP contribution in [0.5, 0.6) is 0 Å². The van der Waals surface area contributed by atoms with Crippen LogP contribution in [-0.4, -0.2) is 30.1 Å². The molecule has 2 nitrogen and oxygen atoms in total. The van der Waals surface area contributed by atoms with Crippen molar-refractivity contribution >= 4 is 11.8 Å². The highest BCUT2D eigenvalue weighted by Crippen LogP contribution is 2.20. The fourth-order valence-corrected chi connectivity index (χ4v) is 2.78. The Labute approximate surface area is 109 Å². The summed E-state index contributed by atoms with van der Waals surface area (Å²) in [5.74, 6) is 1.69. The van der Waals surface area contributed by atoms with Crippen molar-refractivity contribution in [3.63, 3.8) is 0 Å². The minimum Gasteiger partial charge on any atom is -0.396 e. The fourth-order valence-electron chi connectivity index (χ4n) is 1.56. The van der Waals surface area contributed by atoms with Crippen molar-refractivity contribution in [2.24, 2.45) is 5.92 Å². The van der Waals surface area contributed by atoms with Crippen molar-refractivity contribution in [1.82, 2.24) is 5.32 Å². The molecule has 0 spiro atoms. The summed E-state index contributed by atoms with van der Waals surface area (Å²) in [6.45, 7) is 5.64. The van der Waals surface area contributed by atoms with Gasteiger partial charge in [-0.15, -0.1) is 11.8 Å². The van der Waals surface area contributed by atoms with Gasteiger partial charge in [-0.1, -0.05) is 32.0 Å². The average Bonchev–Trinajstić information content (AvgIpc) is 2.34. The highest BCUT2D eigenvalue weighted by Gasteiger charge is 2.12. The lowest BCUT2D eigenvalue weighted by Crippen LogP contribution is -2.36. The average molecular weight is 253 g/mol. The SMILES string of the molecule is CC(C)C(CSc1ccccc1)NCCCO. The van der Waals surface area contributed by atoms with E-state index in [0.29, 0.717) is 12.0 Å². The monoisotopic (exact) mass is 253 g/mol. The third-order valence-corrected chi connectivity index (χ3v) is 3.85. The van der Waals surface area contributed by atoms with Gasteiger partial charge in [0.05, 0.1) is 0 Å². The van der Waals surface area contributed by atoms with E-state index in [1.165, 1.54) is 4.90 Å². The molecule has 1 unspecified atom stereocenters. The third kappa shape index (κ3) is 6.10. The molecule has 0 saturated heterocycles. The summed E-state index contributed by atoms with van der Waals surface area (Å²) in [6, 6.07) is 11.0. The fraction of sp³-hybridized carbons (Fsp3) is 0.571. The van der Waals surface area contributed by atoms with Crippen LogP contribution in [0, 0.1) is 5.92 Å². The molecule has 0 amide bonds. The topological polar surface area (TPSA) is 32.3 Å². The molecule has 1 rings (SSSR count). The molecule has 96 valence electrons. The smallest absolute Gasteiger partial charge is 0.0443 e. The van der Waals surface area contributed by atoms with Crippen LogP contribution in [0.1, 0.15) is 20.3 Å². The summed E-state index contributed by atoms with van der Waals surface area (Å²) >= 11 is 1.89. The first-order valence-electron chi connectivity index (χ1n) is 6.26. The van der Waals surface area contributed by atoms with E-state index in [-0.39, 0.29) is 6.61 Å². The first kappa shape index (κ1) is 14.6. The number of hydrogen-bond donors (Lipinski definition) is 2. The quantitative estimate of drug-likeness (QED) is 0.552. The zero-order valence-corrected chi connectivity index (χ0v) is 11.5. The molecule has 0 aliphatic carbocycles. The maximum atomic E-state index is 8.78. The predicted molar refractivity (Wildman–Crippen MR) is 75.5 cm³/mol. The van der Waals surface area contributed by atoms with E-state index >= 15 is 0 Å². The van der Waals surface area contributed by atoms with E-state index in [4.69, 9.17) is 5.11 Å². The van der Waals surface area contributed by atoms with Gasteiger partial charge in [-0.3, -0.25) is 0 Å². The van der Waals surface area contributed by atoms with E-state index in [9.17, 15) is 0 Å². The van der Waals surface area contributed by atoms with Gasteiger partial charge in [0, 0.05) is 23.3 Å². The lowest BCUT2D eigenvalue weighted by Gasteiger charge is -2.22. The van der Waals surface area contributed by atoms with Gasteiger partial charge in [0.25, 0.3) is 0 Å². The van der Waals surface area contributed by atoms with Crippen LogP contribution in [0.4, 0.5) is 0 Å². The van der Waals surface area contributed by atoms with Crippen LogP contribution in [0.2, 0.25) is 0 Å². The van der Waals surface area contributed by atoms with Gasteiger partial charge in [0.1, 0.15) is 0 Å². The minimum absolute atomic E-state index is 0.268. The molecule has 0 aliphatic rings. The summed E-state index contributed by atoms with van der Waals surface area (Å²) in [6.07, 6.45) is 0.833. The van der Waals surface area contributed by atoms with E-state index in [1.807, 2.05) is 17.8 Å². The molecule has 0 fully saturated rings. The van der Waals surface area contributed by atoms with Crippen LogP contribution in [0.3, 0.4) is 0 Å². The Kier molecular flexibility index (Phi) is 7.33. The Balaban J connectivity index is 2.34. The van der Waals surface area contributed by atoms with E-state index < -0.39 is 0 Å². The second-order valence-corrected chi connectivity index (χ2v) is 5.60. The Morgan fingerprint density at radius 3 is 2.53 bits per heavy atom. The molecule has 0 saturated carbocycles. The van der Waals surface area contributed by atoms with Gasteiger partial charge >= 0.3 is 0 Å². The molecule has 2 N–H and O–H groups in total. The first-order valence-corrected chi connectivity index (χ1v) is 7.24. The number of aliphatic hydroxyl groups excluding tert-OH is 1. The van der Waals surface area contributed by atoms with Gasteiger partial charge < -0.3 is 10.4 Å². The minimum atomic E-state index is 0.268. The van der Waals surface area contributed by atoms with Gasteiger partial charge in [-0.05, 0) is 31.0 Å². The standard InChI is InChI=1S/C14H23NOS/c1-12(2)14(15-9-6-10-16)11-17-13-7-4-3-5-8-13/h3-5,7-8,12,14-16H,6,9-11H2,1-2H3. The molecule has 17 heavy (non-hydrogen) atoms. The summed E-state index contributed by atoms with van der Waals surface area (Å²) in [7, 11) is 0. The Hall–Kier alpha value is -0.510. The molecule has 0 bridgehead atoms. The highest BCUT2D eigenvalue weighted by atomic mass is 32.2. The molecular formula is C14H23NOS. The molecular weight excluding hydrogens is 230 g/mol. The second-order valence-electron chi connectivity index (χ2n) is 4.51.